The molecular weight excluding hydrogens is 430 g/mol. The van der Waals surface area contributed by atoms with Gasteiger partial charge in [0, 0.05) is 19.3 Å². The average molecular weight is 457 g/mol. The maximum atomic E-state index is 12.4. The van der Waals surface area contributed by atoms with Crippen molar-refractivity contribution in [3.05, 3.63) is 0 Å². The molecule has 1 heterocycles. The van der Waals surface area contributed by atoms with E-state index in [4.69, 9.17) is 4.74 Å². The van der Waals surface area contributed by atoms with Gasteiger partial charge in [0.25, 0.3) is 11.8 Å². The normalized spacial score (nSPS) is 13.4. The Morgan fingerprint density at radius 2 is 1.50 bits per heavy atom. The van der Waals surface area contributed by atoms with Crippen molar-refractivity contribution >= 4 is 41.5 Å². The fourth-order valence-corrected chi connectivity index (χ4v) is 2.38. The molecule has 0 aromatic rings. The predicted molar refractivity (Wildman–Crippen MR) is 104 cm³/mol. The van der Waals surface area contributed by atoms with E-state index < -0.39 is 66.8 Å². The highest BCUT2D eigenvalue weighted by atomic mass is 16.7. The van der Waals surface area contributed by atoms with Crippen LogP contribution in [0.1, 0.15) is 46.5 Å². The Balaban J connectivity index is 2.59. The lowest BCUT2D eigenvalue weighted by molar-refractivity contribution is -0.198. The van der Waals surface area contributed by atoms with Gasteiger partial charge in [0.05, 0.1) is 20.1 Å². The van der Waals surface area contributed by atoms with E-state index in [0.717, 1.165) is 12.0 Å². The van der Waals surface area contributed by atoms with Gasteiger partial charge in [-0.2, -0.15) is 0 Å². The van der Waals surface area contributed by atoms with Gasteiger partial charge in [0.2, 0.25) is 11.8 Å². The minimum Gasteiger partial charge on any atom is -0.468 e. The van der Waals surface area contributed by atoms with Gasteiger partial charge in [0.15, 0.2) is 0 Å². The number of methoxy groups -OCH3 is 1. The van der Waals surface area contributed by atoms with Crippen LogP contribution in [-0.2, 0) is 47.9 Å². The van der Waals surface area contributed by atoms with Gasteiger partial charge in [-0.3, -0.25) is 28.8 Å². The van der Waals surface area contributed by atoms with Crippen molar-refractivity contribution in [2.45, 2.75) is 52.1 Å². The second kappa shape index (κ2) is 11.8. The van der Waals surface area contributed by atoms with E-state index in [1.807, 2.05) is 0 Å². The molecule has 0 spiro atoms. The van der Waals surface area contributed by atoms with Crippen LogP contribution in [0.2, 0.25) is 0 Å². The first-order valence-corrected chi connectivity index (χ1v) is 9.72. The smallest absolute Gasteiger partial charge is 0.352 e. The van der Waals surface area contributed by atoms with Crippen molar-refractivity contribution in [1.82, 2.24) is 15.3 Å². The summed E-state index contributed by atoms with van der Waals surface area (Å²) in [4.78, 5) is 88.0. The number of amides is 4. The number of rotatable bonds is 10. The average Bonchev–Trinajstić information content (AvgIpc) is 3.00. The topological polar surface area (TPSA) is 166 Å². The third kappa shape index (κ3) is 9.53. The van der Waals surface area contributed by atoms with Crippen LogP contribution in [0.3, 0.4) is 0 Å². The Bertz CT molecular complexity index is 771. The van der Waals surface area contributed by atoms with Gasteiger partial charge in [-0.1, -0.05) is 0 Å². The van der Waals surface area contributed by atoms with Gasteiger partial charge in [-0.25, -0.2) is 4.79 Å². The molecule has 0 saturated carbocycles. The lowest BCUT2D eigenvalue weighted by atomic mass is 10.2. The van der Waals surface area contributed by atoms with Crippen LogP contribution in [0.15, 0.2) is 0 Å². The zero-order valence-electron chi connectivity index (χ0n) is 18.4. The Morgan fingerprint density at radius 1 is 0.938 bits per heavy atom. The van der Waals surface area contributed by atoms with E-state index >= 15 is 0 Å². The van der Waals surface area contributed by atoms with E-state index in [9.17, 15) is 33.6 Å². The number of imide groups is 1. The summed E-state index contributed by atoms with van der Waals surface area (Å²) in [5, 5.41) is 2.58. The number of carbonyl (C=O) groups is 7. The summed E-state index contributed by atoms with van der Waals surface area (Å²) < 4.78 is 9.54. The molecule has 1 fully saturated rings. The fourth-order valence-electron chi connectivity index (χ4n) is 2.38. The molecule has 4 amide bonds. The molecule has 0 unspecified atom stereocenters. The highest BCUT2D eigenvalue weighted by Gasteiger charge is 2.33. The number of nitrogens with zero attached hydrogens (tertiary/aromatic N) is 2. The van der Waals surface area contributed by atoms with Crippen LogP contribution in [0, 0.1) is 0 Å². The second-order valence-electron chi connectivity index (χ2n) is 7.73. The number of hydrogen-bond donors (Lipinski definition) is 1. The van der Waals surface area contributed by atoms with Crippen molar-refractivity contribution in [1.29, 1.82) is 0 Å². The molecule has 0 radical (unpaired) electrons. The first kappa shape index (κ1) is 26.5. The lowest BCUT2D eigenvalue weighted by Crippen LogP contribution is -2.46. The molecule has 0 aromatic heterocycles. The highest BCUT2D eigenvalue weighted by molar-refractivity contribution is 6.01. The van der Waals surface area contributed by atoms with Gasteiger partial charge in [0.1, 0.15) is 18.7 Å². The van der Waals surface area contributed by atoms with E-state index in [1.54, 1.807) is 20.8 Å². The number of nitrogens with one attached hydrogen (secondary N) is 1. The summed E-state index contributed by atoms with van der Waals surface area (Å²) in [7, 11) is 1.07. The molecule has 0 bridgehead atoms. The molecule has 0 aliphatic carbocycles. The maximum Gasteiger partial charge on any atom is 0.352 e. The van der Waals surface area contributed by atoms with Crippen LogP contribution < -0.4 is 5.32 Å². The summed E-state index contributed by atoms with van der Waals surface area (Å²) >= 11 is 0. The van der Waals surface area contributed by atoms with Gasteiger partial charge < -0.3 is 24.5 Å². The molecule has 1 saturated heterocycles. The van der Waals surface area contributed by atoms with Crippen LogP contribution in [-0.4, -0.2) is 83.8 Å². The standard InChI is InChI=1S/C19H27N3O10/c1-19(2,3)31-16(27)8-5-12(23)20-9-15(26)21(10-17(28)30-4)11-18(29)32-22-13(24)6-7-14(22)25/h5-11H2,1-4H3,(H,20,23). The van der Waals surface area contributed by atoms with Gasteiger partial charge >= 0.3 is 17.9 Å². The molecular formula is C19H27N3O10. The van der Waals surface area contributed by atoms with Crippen LogP contribution >= 0.6 is 0 Å². The Morgan fingerprint density at radius 3 is 2.03 bits per heavy atom. The van der Waals surface area contributed by atoms with Gasteiger partial charge in [-0.15, -0.1) is 5.06 Å². The van der Waals surface area contributed by atoms with Crippen molar-refractivity contribution < 1.29 is 47.9 Å². The molecule has 0 atom stereocenters. The summed E-state index contributed by atoms with van der Waals surface area (Å²) in [5.74, 6) is -5.44. The van der Waals surface area contributed by atoms with Crippen molar-refractivity contribution in [2.75, 3.05) is 26.7 Å². The van der Waals surface area contributed by atoms with Gasteiger partial charge in [-0.05, 0) is 20.8 Å². The lowest BCUT2D eigenvalue weighted by Gasteiger charge is -2.22. The molecule has 1 aliphatic rings. The monoisotopic (exact) mass is 457 g/mol. The first-order valence-electron chi connectivity index (χ1n) is 9.72. The summed E-state index contributed by atoms with van der Waals surface area (Å²) in [6.45, 7) is 3.04. The molecule has 1 rings (SSSR count). The molecule has 178 valence electrons. The number of ether oxygens (including phenoxy) is 2. The minimum atomic E-state index is -1.14. The van der Waals surface area contributed by atoms with Crippen LogP contribution in [0.5, 0.6) is 0 Å². The van der Waals surface area contributed by atoms with Crippen LogP contribution in [0.25, 0.3) is 0 Å². The zero-order valence-corrected chi connectivity index (χ0v) is 18.4. The van der Waals surface area contributed by atoms with Crippen molar-refractivity contribution in [2.24, 2.45) is 0 Å². The predicted octanol–water partition coefficient (Wildman–Crippen LogP) is -1.17. The first-order chi connectivity index (χ1) is 14.8. The quantitative estimate of drug-likeness (QED) is 0.312. The molecule has 13 nitrogen and oxygen atoms in total. The summed E-state index contributed by atoms with van der Waals surface area (Å²) in [6, 6.07) is 0. The SMILES string of the molecule is COC(=O)CN(CC(=O)ON1C(=O)CCC1=O)C(=O)CNC(=O)CCC(=O)OC(C)(C)C. The van der Waals surface area contributed by atoms with Crippen molar-refractivity contribution in [3.8, 4) is 0 Å². The van der Waals surface area contributed by atoms with E-state index in [1.165, 1.54) is 0 Å². The number of hydroxylamine groups is 2. The fraction of sp³-hybridized carbons (Fsp3) is 0.632. The second-order valence-corrected chi connectivity index (χ2v) is 7.73. The highest BCUT2D eigenvalue weighted by Crippen LogP contribution is 2.12. The molecule has 1 aliphatic heterocycles. The molecule has 1 N–H and O–H groups in total. The summed E-state index contributed by atoms with van der Waals surface area (Å²) in [5.41, 5.74) is -0.698. The number of esters is 2. The van der Waals surface area contributed by atoms with Crippen molar-refractivity contribution in [3.63, 3.8) is 0 Å². The Kier molecular flexibility index (Phi) is 9.75. The third-order valence-corrected chi connectivity index (χ3v) is 3.83. The third-order valence-electron chi connectivity index (χ3n) is 3.83. The zero-order chi connectivity index (χ0) is 24.5. The largest absolute Gasteiger partial charge is 0.468 e. The van der Waals surface area contributed by atoms with E-state index in [0.29, 0.717) is 5.06 Å². The maximum absolute atomic E-state index is 12.4. The Hall–Kier alpha value is -3.51. The van der Waals surface area contributed by atoms with E-state index in [-0.39, 0.29) is 25.7 Å². The number of carbonyl (C=O) groups excluding carboxylic acids is 7. The van der Waals surface area contributed by atoms with Crippen LogP contribution in [0.4, 0.5) is 0 Å². The molecule has 32 heavy (non-hydrogen) atoms. The number of hydrogen-bond acceptors (Lipinski definition) is 10. The molecule has 13 heteroatoms. The minimum absolute atomic E-state index is 0.105. The Labute approximate surface area is 184 Å². The summed E-state index contributed by atoms with van der Waals surface area (Å²) in [6.07, 6.45) is -0.647. The molecule has 0 aromatic carbocycles. The van der Waals surface area contributed by atoms with E-state index in [2.05, 4.69) is 14.9 Å².